The Morgan fingerprint density at radius 2 is 1.67 bits per heavy atom. The minimum atomic E-state index is -3.97. The lowest BCUT2D eigenvalue weighted by atomic mass is 10.1. The van der Waals surface area contributed by atoms with Gasteiger partial charge in [0.25, 0.3) is 10.0 Å². The van der Waals surface area contributed by atoms with E-state index in [1.807, 2.05) is 0 Å². The van der Waals surface area contributed by atoms with Crippen LogP contribution >= 0.6 is 11.3 Å². The molecule has 1 N–H and O–H groups in total. The first-order chi connectivity index (χ1) is 12.8. The molecule has 10 heteroatoms. The molecule has 1 aliphatic heterocycles. The van der Waals surface area contributed by atoms with E-state index >= 15 is 0 Å². The zero-order valence-corrected chi connectivity index (χ0v) is 17.2. The summed E-state index contributed by atoms with van der Waals surface area (Å²) in [4.78, 5) is 26.6. The molecule has 8 nitrogen and oxygen atoms in total. The lowest BCUT2D eigenvalue weighted by Gasteiger charge is -2.32. The predicted molar refractivity (Wildman–Crippen MR) is 99.7 cm³/mol. The van der Waals surface area contributed by atoms with Crippen molar-refractivity contribution in [1.29, 1.82) is 0 Å². The molecule has 0 amide bonds. The number of rotatable bonds is 6. The highest BCUT2D eigenvalue weighted by atomic mass is 32.2. The van der Waals surface area contributed by atoms with Crippen LogP contribution < -0.4 is 4.72 Å². The Balaban J connectivity index is 1.84. The highest BCUT2D eigenvalue weighted by molar-refractivity contribution is 7.91. The molecule has 1 aromatic rings. The third-order valence-electron chi connectivity index (χ3n) is 5.03. The van der Waals surface area contributed by atoms with Gasteiger partial charge in [-0.15, -0.1) is 11.3 Å². The van der Waals surface area contributed by atoms with E-state index < -0.39 is 22.0 Å². The van der Waals surface area contributed by atoms with Crippen LogP contribution in [0.2, 0.25) is 0 Å². The van der Waals surface area contributed by atoms with Gasteiger partial charge in [0.2, 0.25) is 0 Å². The van der Waals surface area contributed by atoms with Crippen molar-refractivity contribution in [2.24, 2.45) is 0 Å². The van der Waals surface area contributed by atoms with Crippen LogP contribution in [0.25, 0.3) is 0 Å². The van der Waals surface area contributed by atoms with Crippen molar-refractivity contribution < 1.29 is 27.5 Å². The fraction of sp³-hybridized carbons (Fsp3) is 0.647. The molecule has 0 atom stereocenters. The Labute approximate surface area is 162 Å². The van der Waals surface area contributed by atoms with Gasteiger partial charge >= 0.3 is 11.9 Å². The van der Waals surface area contributed by atoms with Crippen LogP contribution in [0.15, 0.2) is 4.21 Å². The van der Waals surface area contributed by atoms with Crippen LogP contribution in [0.4, 0.5) is 0 Å². The summed E-state index contributed by atoms with van der Waals surface area (Å²) >= 11 is 0.737. The van der Waals surface area contributed by atoms with Gasteiger partial charge in [0.1, 0.15) is 4.88 Å². The number of nitrogens with one attached hydrogen (secondary N) is 1. The van der Waals surface area contributed by atoms with Crippen molar-refractivity contribution in [2.45, 2.75) is 48.9 Å². The van der Waals surface area contributed by atoms with Gasteiger partial charge in [0.15, 0.2) is 4.21 Å². The first kappa shape index (κ1) is 20.2. The van der Waals surface area contributed by atoms with E-state index in [0.717, 1.165) is 37.3 Å². The average Bonchev–Trinajstić information content (AvgIpc) is 3.43. The second kappa shape index (κ2) is 7.86. The largest absolute Gasteiger partial charge is 0.465 e. The van der Waals surface area contributed by atoms with E-state index in [1.165, 1.54) is 34.0 Å². The number of sulfonamides is 1. The van der Waals surface area contributed by atoms with Crippen LogP contribution in [0, 0.1) is 6.92 Å². The quantitative estimate of drug-likeness (QED) is 0.702. The number of thiophene rings is 1. The van der Waals surface area contributed by atoms with E-state index in [2.05, 4.69) is 9.62 Å². The summed E-state index contributed by atoms with van der Waals surface area (Å²) in [5.41, 5.74) is 0.147. The average molecular weight is 417 g/mol. The van der Waals surface area contributed by atoms with E-state index in [-0.39, 0.29) is 26.3 Å². The van der Waals surface area contributed by atoms with Crippen molar-refractivity contribution in [3.05, 3.63) is 16.0 Å². The van der Waals surface area contributed by atoms with Crippen LogP contribution in [-0.4, -0.2) is 64.6 Å². The molecular weight excluding hydrogens is 392 g/mol. The molecule has 2 heterocycles. The number of methoxy groups -OCH3 is 2. The summed E-state index contributed by atoms with van der Waals surface area (Å²) in [5.74, 6) is -1.47. The zero-order valence-electron chi connectivity index (χ0n) is 15.6. The number of carbonyl (C=O) groups is 2. The van der Waals surface area contributed by atoms with Gasteiger partial charge in [-0.05, 0) is 51.3 Å². The topological polar surface area (TPSA) is 102 Å². The molecule has 27 heavy (non-hydrogen) atoms. The van der Waals surface area contributed by atoms with E-state index in [1.54, 1.807) is 0 Å². The Hall–Kier alpha value is -1.49. The maximum absolute atomic E-state index is 13.0. The van der Waals surface area contributed by atoms with Gasteiger partial charge in [-0.25, -0.2) is 22.7 Å². The first-order valence-electron chi connectivity index (χ1n) is 8.85. The molecule has 2 aliphatic rings. The second-order valence-electron chi connectivity index (χ2n) is 6.86. The number of carbonyl (C=O) groups excluding carboxylic acids is 2. The third-order valence-corrected chi connectivity index (χ3v) is 8.34. The summed E-state index contributed by atoms with van der Waals surface area (Å²) in [6, 6.07) is 0.468. The highest BCUT2D eigenvalue weighted by Crippen LogP contribution is 2.34. The Morgan fingerprint density at radius 3 is 2.19 bits per heavy atom. The lowest BCUT2D eigenvalue weighted by molar-refractivity contribution is 0.0596. The molecule has 0 aromatic carbocycles. The number of hydrogen-bond acceptors (Lipinski definition) is 8. The number of ether oxygens (including phenoxy) is 2. The van der Waals surface area contributed by atoms with Gasteiger partial charge in [0.05, 0.1) is 19.8 Å². The summed E-state index contributed by atoms with van der Waals surface area (Å²) < 4.78 is 37.9. The molecule has 0 unspecified atom stereocenters. The highest BCUT2D eigenvalue weighted by Gasteiger charge is 2.36. The molecule has 3 rings (SSSR count). The summed E-state index contributed by atoms with van der Waals surface area (Å²) in [6.45, 7) is 3.24. The molecule has 1 aliphatic carbocycles. The van der Waals surface area contributed by atoms with Gasteiger partial charge in [0, 0.05) is 12.1 Å². The van der Waals surface area contributed by atoms with Crippen molar-refractivity contribution in [2.75, 3.05) is 27.3 Å². The Kier molecular flexibility index (Phi) is 5.90. The molecular formula is C17H24N2O6S2. The normalized spacial score (nSPS) is 19.1. The van der Waals surface area contributed by atoms with E-state index in [9.17, 15) is 18.0 Å². The molecule has 2 fully saturated rings. The molecule has 0 radical (unpaired) electrons. The maximum atomic E-state index is 13.0. The number of esters is 2. The lowest BCUT2D eigenvalue weighted by Crippen LogP contribution is -2.45. The summed E-state index contributed by atoms with van der Waals surface area (Å²) in [7, 11) is -1.59. The van der Waals surface area contributed by atoms with Gasteiger partial charge in [-0.3, -0.25) is 0 Å². The maximum Gasteiger partial charge on any atom is 0.348 e. The minimum Gasteiger partial charge on any atom is -0.465 e. The third kappa shape index (κ3) is 4.18. The van der Waals surface area contributed by atoms with Crippen LogP contribution in [0.3, 0.4) is 0 Å². The summed E-state index contributed by atoms with van der Waals surface area (Å²) in [6.07, 6.45) is 3.89. The fourth-order valence-electron chi connectivity index (χ4n) is 3.40. The van der Waals surface area contributed by atoms with Crippen LogP contribution in [0.1, 0.15) is 51.3 Å². The smallest absolute Gasteiger partial charge is 0.348 e. The number of likely N-dealkylation sites (tertiary alicyclic amines) is 1. The zero-order chi connectivity index (χ0) is 19.8. The Bertz CT molecular complexity index is 836. The van der Waals surface area contributed by atoms with Gasteiger partial charge in [-0.1, -0.05) is 0 Å². The molecule has 1 aromatic heterocycles. The molecule has 1 saturated heterocycles. The number of hydrogen-bond donors (Lipinski definition) is 1. The molecule has 0 bridgehead atoms. The van der Waals surface area contributed by atoms with E-state index in [4.69, 9.17) is 9.47 Å². The molecule has 150 valence electrons. The standard InChI is InChI=1S/C17H24N2O6S2/c1-10-13(15(20)24-2)17(26-14(10)16(21)25-3)27(22,23)18-11-6-8-19(9-7-11)12-4-5-12/h11-12,18H,4-9H2,1-3H3. The monoisotopic (exact) mass is 416 g/mol. The fourth-order valence-corrected chi connectivity index (χ4v) is 6.46. The van der Waals surface area contributed by atoms with Crippen molar-refractivity contribution >= 4 is 33.3 Å². The molecule has 0 spiro atoms. The van der Waals surface area contributed by atoms with Crippen LogP contribution in [0.5, 0.6) is 0 Å². The Morgan fingerprint density at radius 1 is 1.07 bits per heavy atom. The molecule has 1 saturated carbocycles. The van der Waals surface area contributed by atoms with Crippen LogP contribution in [-0.2, 0) is 19.5 Å². The number of nitrogens with zero attached hydrogens (tertiary/aromatic N) is 1. The minimum absolute atomic E-state index is 0.0850. The predicted octanol–water partition coefficient (Wildman–Crippen LogP) is 1.53. The summed E-state index contributed by atoms with van der Waals surface area (Å²) in [5, 5.41) is 0. The first-order valence-corrected chi connectivity index (χ1v) is 11.1. The van der Waals surface area contributed by atoms with Crippen molar-refractivity contribution in [3.8, 4) is 0 Å². The van der Waals surface area contributed by atoms with Crippen molar-refractivity contribution in [3.63, 3.8) is 0 Å². The van der Waals surface area contributed by atoms with E-state index in [0.29, 0.717) is 6.04 Å². The van der Waals surface area contributed by atoms with Crippen molar-refractivity contribution in [1.82, 2.24) is 9.62 Å². The SMILES string of the molecule is COC(=O)c1sc(S(=O)(=O)NC2CCN(C3CC3)CC2)c(C(=O)OC)c1C. The van der Waals surface area contributed by atoms with Gasteiger partial charge < -0.3 is 14.4 Å². The number of piperidine rings is 1. The van der Waals surface area contributed by atoms with Gasteiger partial charge in [-0.2, -0.15) is 0 Å². The second-order valence-corrected chi connectivity index (χ2v) is 9.79.